The van der Waals surface area contributed by atoms with Crippen molar-refractivity contribution in [3.05, 3.63) is 72.2 Å². The number of nitrogens with two attached hydrogens (primary N) is 1. The van der Waals surface area contributed by atoms with E-state index in [9.17, 15) is 4.39 Å². The first-order valence-electron chi connectivity index (χ1n) is 12.8. The summed E-state index contributed by atoms with van der Waals surface area (Å²) in [4.78, 5) is 9.59. The molecule has 0 spiro atoms. The lowest BCUT2D eigenvalue weighted by atomic mass is 10.1. The predicted octanol–water partition coefficient (Wildman–Crippen LogP) is 4.88. The number of nitrogen functional groups attached to an aromatic ring is 1. The molecule has 0 saturated heterocycles. The number of fused-ring (bicyclic) bond motifs is 1. The number of ether oxygens (including phenoxy) is 1. The molecule has 0 aliphatic carbocycles. The Hall–Kier alpha value is -4.31. The van der Waals surface area contributed by atoms with E-state index in [1.807, 2.05) is 54.0 Å². The molecule has 9 nitrogen and oxygen atoms in total. The van der Waals surface area contributed by atoms with Crippen LogP contribution < -0.4 is 15.8 Å². The van der Waals surface area contributed by atoms with Crippen LogP contribution >= 0.6 is 0 Å². The third kappa shape index (κ3) is 5.50. The second-order valence-corrected chi connectivity index (χ2v) is 8.89. The van der Waals surface area contributed by atoms with Crippen LogP contribution in [0.2, 0.25) is 0 Å². The van der Waals surface area contributed by atoms with Gasteiger partial charge in [0.2, 0.25) is 0 Å². The zero-order chi connectivity index (χ0) is 26.3. The maximum Gasteiger partial charge on any atom is 0.199 e. The predicted molar refractivity (Wildman–Crippen MR) is 144 cm³/mol. The average molecular weight is 516 g/mol. The standard InChI is InChI=1S/C28H30FN7O2/c1-2-36-26-22(37-17-7-6-15-31-16-14-19-10-12-21(29)13-11-19)18-32-23(20-8-4-3-5-9-20)24(26)33-28(36)25-27(30)35-38-34-25/h3-5,8-13,18,31H,2,6-7,14-17H2,1H3,(H2,30,35). The van der Waals surface area contributed by atoms with Crippen LogP contribution in [0.15, 0.2) is 65.4 Å². The van der Waals surface area contributed by atoms with Crippen molar-refractivity contribution in [2.24, 2.45) is 0 Å². The summed E-state index contributed by atoms with van der Waals surface area (Å²) in [5.41, 5.74) is 10.7. The highest BCUT2D eigenvalue weighted by Gasteiger charge is 2.23. The lowest BCUT2D eigenvalue weighted by Crippen LogP contribution is -2.19. The molecule has 0 atom stereocenters. The zero-order valence-electron chi connectivity index (χ0n) is 21.2. The Morgan fingerprint density at radius 3 is 2.55 bits per heavy atom. The number of pyridine rings is 1. The molecule has 196 valence electrons. The fourth-order valence-electron chi connectivity index (χ4n) is 4.41. The number of aromatic nitrogens is 5. The maximum absolute atomic E-state index is 13.0. The van der Waals surface area contributed by atoms with E-state index >= 15 is 0 Å². The molecule has 0 amide bonds. The van der Waals surface area contributed by atoms with Crippen LogP contribution in [-0.4, -0.2) is 44.5 Å². The quantitative estimate of drug-likeness (QED) is 0.226. The first-order valence-corrected chi connectivity index (χ1v) is 12.8. The number of hydrogen-bond acceptors (Lipinski definition) is 8. The van der Waals surface area contributed by atoms with Crippen molar-refractivity contribution in [2.45, 2.75) is 32.7 Å². The lowest BCUT2D eigenvalue weighted by molar-refractivity contribution is 0.307. The molecule has 0 saturated carbocycles. The van der Waals surface area contributed by atoms with Gasteiger partial charge in [-0.3, -0.25) is 0 Å². The molecule has 0 unspecified atom stereocenters. The van der Waals surface area contributed by atoms with Gasteiger partial charge in [-0.15, -0.1) is 0 Å². The summed E-state index contributed by atoms with van der Waals surface area (Å²) < 4.78 is 26.1. The van der Waals surface area contributed by atoms with E-state index in [-0.39, 0.29) is 11.6 Å². The third-order valence-corrected chi connectivity index (χ3v) is 6.33. The second-order valence-electron chi connectivity index (χ2n) is 8.89. The summed E-state index contributed by atoms with van der Waals surface area (Å²) in [7, 11) is 0. The number of aryl methyl sites for hydroxylation is 1. The number of nitrogens with zero attached hydrogens (tertiary/aromatic N) is 5. The van der Waals surface area contributed by atoms with E-state index in [1.165, 1.54) is 12.1 Å². The number of imidazole rings is 1. The van der Waals surface area contributed by atoms with Gasteiger partial charge in [0.25, 0.3) is 0 Å². The van der Waals surface area contributed by atoms with E-state index in [0.717, 1.165) is 54.7 Å². The molecule has 10 heteroatoms. The third-order valence-electron chi connectivity index (χ3n) is 6.33. The Morgan fingerprint density at radius 2 is 1.82 bits per heavy atom. The summed E-state index contributed by atoms with van der Waals surface area (Å²) >= 11 is 0. The first-order chi connectivity index (χ1) is 18.7. The van der Waals surface area contributed by atoms with Crippen LogP contribution in [0, 0.1) is 5.82 Å². The van der Waals surface area contributed by atoms with Crippen LogP contribution in [-0.2, 0) is 13.0 Å². The van der Waals surface area contributed by atoms with Gasteiger partial charge in [-0.1, -0.05) is 42.5 Å². The number of nitrogens with one attached hydrogen (secondary N) is 1. The molecule has 3 N–H and O–H groups in total. The maximum atomic E-state index is 13.0. The molecule has 38 heavy (non-hydrogen) atoms. The summed E-state index contributed by atoms with van der Waals surface area (Å²) in [6, 6.07) is 16.5. The molecule has 2 aromatic carbocycles. The van der Waals surface area contributed by atoms with Crippen molar-refractivity contribution in [3.63, 3.8) is 0 Å². The number of rotatable bonds is 12. The highest BCUT2D eigenvalue weighted by atomic mass is 19.1. The normalized spacial score (nSPS) is 11.3. The SMILES string of the molecule is CCn1c(-c2nonc2N)nc2c(-c3ccccc3)ncc(OCCCCNCCc3ccc(F)cc3)c21. The zero-order valence-corrected chi connectivity index (χ0v) is 21.2. The molecule has 3 aromatic heterocycles. The fraction of sp³-hybridized carbons (Fsp3) is 0.286. The van der Waals surface area contributed by atoms with Crippen LogP contribution in [0.1, 0.15) is 25.3 Å². The molecular weight excluding hydrogens is 485 g/mol. The molecule has 0 fully saturated rings. The Balaban J connectivity index is 1.28. The van der Waals surface area contributed by atoms with Crippen LogP contribution in [0.5, 0.6) is 5.75 Å². The van der Waals surface area contributed by atoms with Crippen molar-refractivity contribution in [3.8, 4) is 28.5 Å². The van der Waals surface area contributed by atoms with Crippen LogP contribution in [0.4, 0.5) is 10.2 Å². The van der Waals surface area contributed by atoms with Crippen molar-refractivity contribution in [2.75, 3.05) is 25.4 Å². The van der Waals surface area contributed by atoms with Gasteiger partial charge >= 0.3 is 0 Å². The molecule has 5 aromatic rings. The van der Waals surface area contributed by atoms with Gasteiger partial charge in [-0.2, -0.15) is 0 Å². The monoisotopic (exact) mass is 515 g/mol. The summed E-state index contributed by atoms with van der Waals surface area (Å²) in [6.45, 7) is 4.90. The Morgan fingerprint density at radius 1 is 1.00 bits per heavy atom. The van der Waals surface area contributed by atoms with Gasteiger partial charge in [-0.05, 0) is 67.3 Å². The van der Waals surface area contributed by atoms with E-state index in [1.54, 1.807) is 6.20 Å². The average Bonchev–Trinajstić information content (AvgIpc) is 3.54. The van der Waals surface area contributed by atoms with Crippen LogP contribution in [0.25, 0.3) is 33.8 Å². The lowest BCUT2D eigenvalue weighted by Gasteiger charge is -2.12. The minimum absolute atomic E-state index is 0.179. The van der Waals surface area contributed by atoms with Gasteiger partial charge in [0.05, 0.1) is 18.5 Å². The fourth-order valence-corrected chi connectivity index (χ4v) is 4.41. The van der Waals surface area contributed by atoms with Gasteiger partial charge in [0.15, 0.2) is 23.1 Å². The van der Waals surface area contributed by atoms with Gasteiger partial charge in [-0.25, -0.2) is 19.0 Å². The largest absolute Gasteiger partial charge is 0.490 e. The number of benzene rings is 2. The second kappa shape index (κ2) is 11.8. The molecular formula is C28H30FN7O2. The highest BCUT2D eigenvalue weighted by molar-refractivity contribution is 5.95. The van der Waals surface area contributed by atoms with E-state index in [4.69, 9.17) is 25.1 Å². The molecule has 0 aliphatic heterocycles. The number of hydrogen-bond donors (Lipinski definition) is 2. The topological polar surface area (TPSA) is 117 Å². The smallest absolute Gasteiger partial charge is 0.199 e. The van der Waals surface area contributed by atoms with E-state index < -0.39 is 0 Å². The summed E-state index contributed by atoms with van der Waals surface area (Å²) in [6.07, 6.45) is 4.46. The Labute approximate surface area is 219 Å². The van der Waals surface area contributed by atoms with E-state index in [0.29, 0.717) is 35.9 Å². The Kier molecular flexibility index (Phi) is 7.89. The number of unbranched alkanes of at least 4 members (excludes halogenated alkanes) is 1. The van der Waals surface area contributed by atoms with Crippen molar-refractivity contribution in [1.82, 2.24) is 30.2 Å². The number of halogens is 1. The van der Waals surface area contributed by atoms with Crippen molar-refractivity contribution < 1.29 is 13.8 Å². The minimum Gasteiger partial charge on any atom is -0.490 e. The first kappa shape index (κ1) is 25.3. The molecule has 5 rings (SSSR count). The Bertz CT molecular complexity index is 1480. The molecule has 3 heterocycles. The summed E-state index contributed by atoms with van der Waals surface area (Å²) in [5, 5.41) is 11.1. The van der Waals surface area contributed by atoms with Gasteiger partial charge in [0.1, 0.15) is 16.9 Å². The molecule has 0 bridgehead atoms. The van der Waals surface area contributed by atoms with Gasteiger partial charge < -0.3 is 20.4 Å². The molecule has 0 radical (unpaired) electrons. The van der Waals surface area contributed by atoms with Crippen molar-refractivity contribution in [1.29, 1.82) is 0 Å². The number of anilines is 1. The molecule has 0 aliphatic rings. The minimum atomic E-state index is -0.207. The van der Waals surface area contributed by atoms with Crippen molar-refractivity contribution >= 4 is 16.9 Å². The highest BCUT2D eigenvalue weighted by Crippen LogP contribution is 2.36. The van der Waals surface area contributed by atoms with E-state index in [2.05, 4.69) is 15.6 Å². The van der Waals surface area contributed by atoms with Gasteiger partial charge in [0, 0.05) is 12.1 Å². The summed E-state index contributed by atoms with van der Waals surface area (Å²) in [5.74, 6) is 1.18. The van der Waals surface area contributed by atoms with Crippen LogP contribution in [0.3, 0.4) is 0 Å².